The number of aliphatic hydroxyl groups is 2. The molecule has 5 heteroatoms. The van der Waals surface area contributed by atoms with Gasteiger partial charge in [-0.3, -0.25) is 4.90 Å². The van der Waals surface area contributed by atoms with E-state index in [9.17, 15) is 5.11 Å². The summed E-state index contributed by atoms with van der Waals surface area (Å²) >= 11 is 0. The van der Waals surface area contributed by atoms with Gasteiger partial charge >= 0.3 is 0 Å². The van der Waals surface area contributed by atoms with Gasteiger partial charge in [-0.15, -0.1) is 0 Å². The average molecular weight is 223 g/mol. The standard InChI is InChI=1S/C11H17N3O2/c15-5-8(16)4-14-3-7-1-2-9(14)11-10(7)12-6-13-11/h6-9,15-16H,1-5H2,(H,12,13). The number of nitrogens with zero attached hydrogens (tertiary/aromatic N) is 2. The Balaban J connectivity index is 1.82. The van der Waals surface area contributed by atoms with E-state index < -0.39 is 6.10 Å². The summed E-state index contributed by atoms with van der Waals surface area (Å²) in [7, 11) is 0. The van der Waals surface area contributed by atoms with Crippen LogP contribution in [0.15, 0.2) is 6.33 Å². The molecule has 0 spiro atoms. The second-order valence-corrected chi connectivity index (χ2v) is 4.78. The molecule has 0 aromatic carbocycles. The first-order valence-corrected chi connectivity index (χ1v) is 5.85. The fourth-order valence-electron chi connectivity index (χ4n) is 3.03. The number of aromatic amines is 1. The SMILES string of the molecule is OCC(O)CN1CC2CCC1c1[nH]cnc12. The zero-order valence-corrected chi connectivity index (χ0v) is 9.13. The molecule has 1 saturated heterocycles. The van der Waals surface area contributed by atoms with Crippen LogP contribution >= 0.6 is 0 Å². The van der Waals surface area contributed by atoms with Crippen molar-refractivity contribution in [2.75, 3.05) is 19.7 Å². The number of piperidine rings is 1. The van der Waals surface area contributed by atoms with E-state index in [1.807, 2.05) is 0 Å². The molecule has 2 aliphatic heterocycles. The van der Waals surface area contributed by atoms with Gasteiger partial charge in [-0.1, -0.05) is 0 Å². The van der Waals surface area contributed by atoms with Gasteiger partial charge in [0.15, 0.2) is 0 Å². The van der Waals surface area contributed by atoms with Crippen molar-refractivity contribution in [1.82, 2.24) is 14.9 Å². The van der Waals surface area contributed by atoms with Gasteiger partial charge in [0.25, 0.3) is 0 Å². The number of nitrogens with one attached hydrogen (secondary N) is 1. The van der Waals surface area contributed by atoms with Crippen molar-refractivity contribution in [3.05, 3.63) is 17.7 Å². The van der Waals surface area contributed by atoms with Crippen molar-refractivity contribution >= 4 is 0 Å². The van der Waals surface area contributed by atoms with Crippen molar-refractivity contribution in [3.63, 3.8) is 0 Å². The highest BCUT2D eigenvalue weighted by molar-refractivity contribution is 5.27. The van der Waals surface area contributed by atoms with Crippen molar-refractivity contribution < 1.29 is 10.2 Å². The number of hydrogen-bond acceptors (Lipinski definition) is 4. The number of H-pyrrole nitrogens is 1. The first kappa shape index (κ1) is 10.3. The largest absolute Gasteiger partial charge is 0.394 e. The topological polar surface area (TPSA) is 72.4 Å². The number of aliphatic hydroxyl groups excluding tert-OH is 2. The Morgan fingerprint density at radius 1 is 1.56 bits per heavy atom. The van der Waals surface area contributed by atoms with Crippen LogP contribution in [0.4, 0.5) is 0 Å². The Bertz CT molecular complexity index is 379. The van der Waals surface area contributed by atoms with Gasteiger partial charge in [-0.2, -0.15) is 0 Å². The number of aromatic nitrogens is 2. The van der Waals surface area contributed by atoms with E-state index in [4.69, 9.17) is 5.11 Å². The molecular weight excluding hydrogens is 206 g/mol. The zero-order valence-electron chi connectivity index (χ0n) is 9.13. The third-order valence-corrected chi connectivity index (χ3v) is 3.76. The van der Waals surface area contributed by atoms with Crippen molar-refractivity contribution in [2.45, 2.75) is 30.9 Å². The predicted molar refractivity (Wildman–Crippen MR) is 58.0 cm³/mol. The van der Waals surface area contributed by atoms with Crippen LogP contribution in [0, 0.1) is 0 Å². The molecule has 4 rings (SSSR count). The van der Waals surface area contributed by atoms with Gasteiger partial charge in [0, 0.05) is 19.0 Å². The first-order chi connectivity index (χ1) is 7.79. The van der Waals surface area contributed by atoms with E-state index in [0.29, 0.717) is 18.5 Å². The van der Waals surface area contributed by atoms with Gasteiger partial charge in [0.05, 0.1) is 36.5 Å². The quantitative estimate of drug-likeness (QED) is 0.674. The molecule has 0 saturated carbocycles. The lowest BCUT2D eigenvalue weighted by molar-refractivity contribution is 0.0200. The third-order valence-electron chi connectivity index (χ3n) is 3.76. The van der Waals surface area contributed by atoms with Crippen LogP contribution in [0.2, 0.25) is 0 Å². The smallest absolute Gasteiger partial charge is 0.0925 e. The molecular formula is C11H17N3O2. The van der Waals surface area contributed by atoms with Crippen LogP contribution in [0.5, 0.6) is 0 Å². The monoisotopic (exact) mass is 223 g/mol. The normalized spacial score (nSPS) is 30.4. The van der Waals surface area contributed by atoms with E-state index in [2.05, 4.69) is 14.9 Å². The predicted octanol–water partition coefficient (Wildman–Crippen LogP) is -0.00300. The minimum atomic E-state index is -0.634. The van der Waals surface area contributed by atoms with E-state index in [0.717, 1.165) is 13.0 Å². The van der Waals surface area contributed by atoms with Crippen LogP contribution in [0.1, 0.15) is 36.2 Å². The molecule has 3 heterocycles. The van der Waals surface area contributed by atoms with E-state index in [1.54, 1.807) is 6.33 Å². The van der Waals surface area contributed by atoms with Gasteiger partial charge in [-0.05, 0) is 12.8 Å². The van der Waals surface area contributed by atoms with Gasteiger partial charge in [0.2, 0.25) is 0 Å². The Morgan fingerprint density at radius 3 is 3.25 bits per heavy atom. The van der Waals surface area contributed by atoms with Crippen LogP contribution in [0.3, 0.4) is 0 Å². The maximum Gasteiger partial charge on any atom is 0.0925 e. The van der Waals surface area contributed by atoms with E-state index in [-0.39, 0.29) is 6.61 Å². The summed E-state index contributed by atoms with van der Waals surface area (Å²) in [5, 5.41) is 18.4. The van der Waals surface area contributed by atoms with Crippen LogP contribution in [-0.4, -0.2) is 50.9 Å². The van der Waals surface area contributed by atoms with E-state index in [1.165, 1.54) is 17.8 Å². The Labute approximate surface area is 94.1 Å². The van der Waals surface area contributed by atoms with Crippen molar-refractivity contribution in [2.24, 2.45) is 0 Å². The summed E-state index contributed by atoms with van der Waals surface area (Å²) in [5.74, 6) is 0.497. The minimum Gasteiger partial charge on any atom is -0.394 e. The molecule has 5 nitrogen and oxygen atoms in total. The van der Waals surface area contributed by atoms with Crippen LogP contribution < -0.4 is 0 Å². The second kappa shape index (κ2) is 3.84. The number of fused-ring (bicyclic) bond motifs is 2. The maximum absolute atomic E-state index is 9.52. The molecule has 3 aliphatic rings. The van der Waals surface area contributed by atoms with Crippen LogP contribution in [-0.2, 0) is 0 Å². The molecule has 3 N–H and O–H groups in total. The summed E-state index contributed by atoms with van der Waals surface area (Å²) < 4.78 is 0. The third kappa shape index (κ3) is 1.47. The number of hydrogen-bond donors (Lipinski definition) is 3. The molecule has 1 aliphatic carbocycles. The molecule has 1 aromatic rings. The highest BCUT2D eigenvalue weighted by atomic mass is 16.3. The Hall–Kier alpha value is -0.910. The molecule has 3 unspecified atom stereocenters. The molecule has 1 fully saturated rings. The number of rotatable bonds is 3. The molecule has 16 heavy (non-hydrogen) atoms. The summed E-state index contributed by atoms with van der Waals surface area (Å²) in [6.45, 7) is 1.35. The Morgan fingerprint density at radius 2 is 2.44 bits per heavy atom. The summed E-state index contributed by atoms with van der Waals surface area (Å²) in [6, 6.07) is 0.351. The van der Waals surface area contributed by atoms with Crippen molar-refractivity contribution in [1.29, 1.82) is 0 Å². The summed E-state index contributed by atoms with van der Waals surface area (Å²) in [6.07, 6.45) is 3.44. The van der Waals surface area contributed by atoms with Crippen LogP contribution in [0.25, 0.3) is 0 Å². The second-order valence-electron chi connectivity index (χ2n) is 4.78. The Kier molecular flexibility index (Phi) is 2.46. The lowest BCUT2D eigenvalue weighted by Crippen LogP contribution is -2.46. The van der Waals surface area contributed by atoms with Gasteiger partial charge in [-0.25, -0.2) is 4.98 Å². The summed E-state index contributed by atoms with van der Waals surface area (Å²) in [4.78, 5) is 9.85. The fourth-order valence-corrected chi connectivity index (χ4v) is 3.03. The highest BCUT2D eigenvalue weighted by Crippen LogP contribution is 2.44. The molecule has 2 bridgehead atoms. The molecule has 0 radical (unpaired) electrons. The lowest BCUT2D eigenvalue weighted by atomic mass is 9.80. The highest BCUT2D eigenvalue weighted by Gasteiger charge is 2.40. The summed E-state index contributed by atoms with van der Waals surface area (Å²) in [5.41, 5.74) is 2.43. The zero-order chi connectivity index (χ0) is 11.1. The number of imidazole rings is 1. The first-order valence-electron chi connectivity index (χ1n) is 5.85. The van der Waals surface area contributed by atoms with Gasteiger partial charge in [0.1, 0.15) is 0 Å². The molecule has 0 amide bonds. The average Bonchev–Trinajstić information content (AvgIpc) is 2.80. The fraction of sp³-hybridized carbons (Fsp3) is 0.727. The lowest BCUT2D eigenvalue weighted by Gasteiger charge is -2.44. The molecule has 3 atom stereocenters. The molecule has 88 valence electrons. The van der Waals surface area contributed by atoms with E-state index >= 15 is 0 Å². The van der Waals surface area contributed by atoms with Crippen molar-refractivity contribution in [3.8, 4) is 0 Å². The molecule has 1 aromatic heterocycles. The minimum absolute atomic E-state index is 0.163. The van der Waals surface area contributed by atoms with Gasteiger partial charge < -0.3 is 15.2 Å². The maximum atomic E-state index is 9.52.